The smallest absolute Gasteiger partial charge is 0.244 e. The van der Waals surface area contributed by atoms with Gasteiger partial charge < -0.3 is 10.5 Å². The van der Waals surface area contributed by atoms with Crippen LogP contribution in [0.4, 0.5) is 5.69 Å². The number of nitrogens with one attached hydrogen (secondary N) is 1. The molecule has 5 nitrogen and oxygen atoms in total. The van der Waals surface area contributed by atoms with E-state index in [2.05, 4.69) is 36.6 Å². The van der Waals surface area contributed by atoms with E-state index in [9.17, 15) is 8.42 Å². The Morgan fingerprint density at radius 1 is 1.44 bits per heavy atom. The number of methoxy groups -OCH3 is 1. The number of halogens is 2. The number of benzene rings is 1. The van der Waals surface area contributed by atoms with Crippen LogP contribution in [0.15, 0.2) is 26.0 Å². The molecular weight excluding hydrogens is 388 g/mol. The predicted octanol–water partition coefficient (Wildman–Crippen LogP) is 2.11. The lowest BCUT2D eigenvalue weighted by Crippen LogP contribution is -2.36. The topological polar surface area (TPSA) is 81.4 Å². The van der Waals surface area contributed by atoms with Gasteiger partial charge in [0.25, 0.3) is 0 Å². The van der Waals surface area contributed by atoms with E-state index in [0.29, 0.717) is 8.95 Å². The molecule has 102 valence electrons. The summed E-state index contributed by atoms with van der Waals surface area (Å²) in [4.78, 5) is 0.0358. The third-order valence-electron chi connectivity index (χ3n) is 2.08. The fourth-order valence-electron chi connectivity index (χ4n) is 1.47. The van der Waals surface area contributed by atoms with Crippen LogP contribution in [0.5, 0.6) is 0 Å². The fraction of sp³-hybridized carbons (Fsp3) is 0.400. The number of rotatable bonds is 5. The Balaban J connectivity index is 3.13. The molecule has 0 radical (unpaired) electrons. The van der Waals surface area contributed by atoms with Crippen molar-refractivity contribution < 1.29 is 13.2 Å². The molecule has 0 aliphatic heterocycles. The second-order valence-electron chi connectivity index (χ2n) is 3.78. The van der Waals surface area contributed by atoms with Crippen LogP contribution in [0.2, 0.25) is 0 Å². The van der Waals surface area contributed by atoms with Crippen molar-refractivity contribution in [3.8, 4) is 0 Å². The van der Waals surface area contributed by atoms with Gasteiger partial charge in [-0.1, -0.05) is 15.9 Å². The summed E-state index contributed by atoms with van der Waals surface area (Å²) in [6.07, 6.45) is 0. The van der Waals surface area contributed by atoms with Crippen molar-refractivity contribution in [2.75, 3.05) is 19.5 Å². The molecule has 3 N–H and O–H groups in total. The highest BCUT2D eigenvalue weighted by Crippen LogP contribution is 2.31. The van der Waals surface area contributed by atoms with Crippen molar-refractivity contribution in [2.24, 2.45) is 0 Å². The van der Waals surface area contributed by atoms with Crippen LogP contribution in [0, 0.1) is 0 Å². The third kappa shape index (κ3) is 3.92. The average Bonchev–Trinajstić information content (AvgIpc) is 2.13. The largest absolute Gasteiger partial charge is 0.398 e. The number of nitrogen functional groups attached to an aromatic ring is 1. The van der Waals surface area contributed by atoms with Crippen LogP contribution in [-0.2, 0) is 14.8 Å². The summed E-state index contributed by atoms with van der Waals surface area (Å²) in [5.41, 5.74) is 5.92. The molecule has 0 aliphatic carbocycles. The normalized spacial score (nSPS) is 13.6. The minimum Gasteiger partial charge on any atom is -0.398 e. The summed E-state index contributed by atoms with van der Waals surface area (Å²) in [7, 11) is -2.17. The fourth-order valence-corrected chi connectivity index (χ4v) is 4.77. The number of anilines is 1. The summed E-state index contributed by atoms with van der Waals surface area (Å²) in [6.45, 7) is 2.00. The van der Waals surface area contributed by atoms with Gasteiger partial charge in [-0.05, 0) is 35.0 Å². The number of hydrogen-bond acceptors (Lipinski definition) is 4. The predicted molar refractivity (Wildman–Crippen MR) is 77.9 cm³/mol. The molecule has 1 rings (SSSR count). The first-order chi connectivity index (χ1) is 8.27. The molecule has 1 aromatic carbocycles. The van der Waals surface area contributed by atoms with E-state index in [1.165, 1.54) is 7.11 Å². The van der Waals surface area contributed by atoms with Gasteiger partial charge in [-0.2, -0.15) is 0 Å². The summed E-state index contributed by atoms with van der Waals surface area (Å²) >= 11 is 6.45. The second kappa shape index (κ2) is 6.33. The number of sulfonamides is 1. The Morgan fingerprint density at radius 3 is 2.56 bits per heavy atom. The molecule has 0 aromatic heterocycles. The summed E-state index contributed by atoms with van der Waals surface area (Å²) in [5.74, 6) is 0. The Kier molecular flexibility index (Phi) is 5.60. The van der Waals surface area contributed by atoms with Crippen LogP contribution in [0.1, 0.15) is 6.92 Å². The zero-order chi connectivity index (χ0) is 13.9. The molecule has 0 spiro atoms. The number of hydrogen-bond donors (Lipinski definition) is 2. The highest BCUT2D eigenvalue weighted by atomic mass is 79.9. The van der Waals surface area contributed by atoms with E-state index >= 15 is 0 Å². The lowest BCUT2D eigenvalue weighted by atomic mass is 10.3. The van der Waals surface area contributed by atoms with Crippen molar-refractivity contribution >= 4 is 47.6 Å². The molecule has 0 aliphatic rings. The van der Waals surface area contributed by atoms with Crippen LogP contribution in [-0.4, -0.2) is 28.2 Å². The Bertz CT molecular complexity index is 511. The quantitative estimate of drug-likeness (QED) is 0.740. The van der Waals surface area contributed by atoms with Crippen molar-refractivity contribution in [2.45, 2.75) is 17.9 Å². The summed E-state index contributed by atoms with van der Waals surface area (Å²) in [6, 6.07) is 2.83. The molecular formula is C10H14Br2N2O3S. The van der Waals surface area contributed by atoms with Crippen molar-refractivity contribution in [3.63, 3.8) is 0 Å². The van der Waals surface area contributed by atoms with Crippen LogP contribution < -0.4 is 10.5 Å². The molecule has 0 bridgehead atoms. The minimum absolute atomic E-state index is 0.0358. The van der Waals surface area contributed by atoms with E-state index in [1.807, 2.05) is 0 Å². The Labute approximate surface area is 123 Å². The highest BCUT2D eigenvalue weighted by Gasteiger charge is 2.23. The van der Waals surface area contributed by atoms with E-state index in [4.69, 9.17) is 10.5 Å². The summed E-state index contributed by atoms with van der Waals surface area (Å²) in [5, 5.41) is 0. The molecule has 1 atom stereocenters. The second-order valence-corrected chi connectivity index (χ2v) is 7.20. The third-order valence-corrected chi connectivity index (χ3v) is 5.13. The molecule has 0 amide bonds. The minimum atomic E-state index is -3.68. The van der Waals surface area contributed by atoms with Crippen LogP contribution in [0.3, 0.4) is 0 Å². The molecule has 0 saturated carbocycles. The SMILES string of the molecule is COCC(C)NS(=O)(=O)c1c(N)cc(Br)cc1Br. The van der Waals surface area contributed by atoms with Crippen LogP contribution in [0.25, 0.3) is 0 Å². The first-order valence-electron chi connectivity index (χ1n) is 5.03. The van der Waals surface area contributed by atoms with Crippen molar-refractivity contribution in [1.82, 2.24) is 4.72 Å². The molecule has 18 heavy (non-hydrogen) atoms. The zero-order valence-electron chi connectivity index (χ0n) is 9.91. The standard InChI is InChI=1S/C10H14Br2N2O3S/c1-6(5-17-2)14-18(15,16)10-8(12)3-7(11)4-9(10)13/h3-4,6,14H,5,13H2,1-2H3. The molecule has 0 saturated heterocycles. The van der Waals surface area contributed by atoms with Gasteiger partial charge in [-0.3, -0.25) is 0 Å². The average molecular weight is 402 g/mol. The highest BCUT2D eigenvalue weighted by molar-refractivity contribution is 9.11. The Morgan fingerprint density at radius 2 is 2.06 bits per heavy atom. The molecule has 0 heterocycles. The van der Waals surface area contributed by atoms with E-state index in [0.717, 1.165) is 0 Å². The van der Waals surface area contributed by atoms with Gasteiger partial charge in [-0.15, -0.1) is 0 Å². The zero-order valence-corrected chi connectivity index (χ0v) is 13.9. The van der Waals surface area contributed by atoms with Gasteiger partial charge in [0.05, 0.1) is 12.3 Å². The number of nitrogens with two attached hydrogens (primary N) is 1. The van der Waals surface area contributed by atoms with Crippen molar-refractivity contribution in [1.29, 1.82) is 0 Å². The molecule has 1 aromatic rings. The molecule has 0 fully saturated rings. The van der Waals surface area contributed by atoms with E-state index in [-0.39, 0.29) is 23.2 Å². The molecule has 8 heteroatoms. The lowest BCUT2D eigenvalue weighted by molar-refractivity contribution is 0.180. The van der Waals surface area contributed by atoms with Gasteiger partial charge in [0, 0.05) is 22.1 Å². The van der Waals surface area contributed by atoms with Crippen LogP contribution >= 0.6 is 31.9 Å². The van der Waals surface area contributed by atoms with Gasteiger partial charge in [0.15, 0.2) is 0 Å². The first kappa shape index (κ1) is 15.9. The maximum absolute atomic E-state index is 12.2. The Hall–Kier alpha value is -0.150. The van der Waals surface area contributed by atoms with Gasteiger partial charge in [-0.25, -0.2) is 13.1 Å². The molecule has 1 unspecified atom stereocenters. The van der Waals surface area contributed by atoms with Gasteiger partial charge >= 0.3 is 0 Å². The lowest BCUT2D eigenvalue weighted by Gasteiger charge is -2.15. The van der Waals surface area contributed by atoms with Crippen molar-refractivity contribution in [3.05, 3.63) is 21.1 Å². The summed E-state index contributed by atoms with van der Waals surface area (Å²) < 4.78 is 32.9. The number of ether oxygens (including phenoxy) is 1. The maximum atomic E-state index is 12.2. The maximum Gasteiger partial charge on any atom is 0.244 e. The first-order valence-corrected chi connectivity index (χ1v) is 8.10. The van der Waals surface area contributed by atoms with E-state index in [1.54, 1.807) is 19.1 Å². The van der Waals surface area contributed by atoms with Gasteiger partial charge in [0.1, 0.15) is 4.90 Å². The van der Waals surface area contributed by atoms with E-state index < -0.39 is 10.0 Å². The van der Waals surface area contributed by atoms with Gasteiger partial charge in [0.2, 0.25) is 10.0 Å². The monoisotopic (exact) mass is 400 g/mol.